The van der Waals surface area contributed by atoms with Crippen molar-refractivity contribution < 1.29 is 18.3 Å². The van der Waals surface area contributed by atoms with Gasteiger partial charge in [-0.05, 0) is 29.7 Å². The largest absolute Gasteiger partial charge is 0.373 e. The highest BCUT2D eigenvalue weighted by Gasteiger charge is 2.31. The summed E-state index contributed by atoms with van der Waals surface area (Å²) in [6.07, 6.45) is 5.04. The first-order chi connectivity index (χ1) is 14.4. The lowest BCUT2D eigenvalue weighted by Gasteiger charge is -2.33. The molecule has 152 valence electrons. The minimum atomic E-state index is -1.10. The molecular weight excluding hydrogens is 394 g/mol. The molecule has 5 rings (SSSR count). The quantitative estimate of drug-likeness (QED) is 0.551. The first kappa shape index (κ1) is 18.4. The first-order valence-electron chi connectivity index (χ1n) is 9.25. The number of carbonyl (C=O) groups excluding carboxylic acids is 1. The topological polar surface area (TPSA) is 79.7 Å². The Morgan fingerprint density at radius 1 is 1.27 bits per heavy atom. The van der Waals surface area contributed by atoms with E-state index in [4.69, 9.17) is 4.74 Å². The molecule has 3 aromatic heterocycles. The zero-order valence-corrected chi connectivity index (χ0v) is 15.9. The van der Waals surface area contributed by atoms with E-state index in [1.165, 1.54) is 4.90 Å². The number of fused-ring (bicyclic) bond motifs is 4. The third kappa shape index (κ3) is 2.78. The number of benzene rings is 1. The number of halogens is 2. The molecule has 1 aliphatic rings. The predicted molar refractivity (Wildman–Crippen MR) is 104 cm³/mol. The van der Waals surface area contributed by atoms with Crippen LogP contribution in [-0.2, 0) is 11.3 Å². The SMILES string of the molecule is CN(C(=O)c1ccc2nccn2c1)[C@@H]1COCc2[nH]c(=O)c3cc(F)c(F)cc3c21. The summed E-state index contributed by atoms with van der Waals surface area (Å²) in [6, 6.07) is 4.70. The number of ether oxygens (including phenoxy) is 1. The van der Waals surface area contributed by atoms with E-state index in [9.17, 15) is 18.4 Å². The number of nitrogens with zero attached hydrogens (tertiary/aromatic N) is 3. The van der Waals surface area contributed by atoms with E-state index in [1.54, 1.807) is 42.2 Å². The number of H-pyrrole nitrogens is 1. The van der Waals surface area contributed by atoms with Crippen LogP contribution < -0.4 is 5.56 Å². The molecule has 1 N–H and O–H groups in total. The van der Waals surface area contributed by atoms with Gasteiger partial charge >= 0.3 is 0 Å². The lowest BCUT2D eigenvalue weighted by molar-refractivity contribution is 0.0335. The third-order valence-corrected chi connectivity index (χ3v) is 5.46. The van der Waals surface area contributed by atoms with Crippen LogP contribution in [-0.4, -0.2) is 38.8 Å². The van der Waals surface area contributed by atoms with Gasteiger partial charge in [0.25, 0.3) is 11.5 Å². The van der Waals surface area contributed by atoms with E-state index in [2.05, 4.69) is 9.97 Å². The van der Waals surface area contributed by atoms with Gasteiger partial charge in [0.05, 0.1) is 30.2 Å². The molecule has 0 spiro atoms. The number of hydrogen-bond acceptors (Lipinski definition) is 4. The lowest BCUT2D eigenvalue weighted by atomic mass is 9.95. The smallest absolute Gasteiger partial charge is 0.256 e. The Kier molecular flexibility index (Phi) is 4.14. The molecular formula is C21H16F2N4O3. The van der Waals surface area contributed by atoms with Crippen LogP contribution in [0.3, 0.4) is 0 Å². The van der Waals surface area contributed by atoms with Crippen molar-refractivity contribution in [2.45, 2.75) is 12.6 Å². The van der Waals surface area contributed by atoms with E-state index in [1.807, 2.05) is 0 Å². The van der Waals surface area contributed by atoms with Gasteiger partial charge in [-0.1, -0.05) is 0 Å². The van der Waals surface area contributed by atoms with Crippen molar-refractivity contribution in [3.63, 3.8) is 0 Å². The molecule has 0 aliphatic carbocycles. The van der Waals surface area contributed by atoms with Crippen molar-refractivity contribution in [3.8, 4) is 0 Å². The van der Waals surface area contributed by atoms with Gasteiger partial charge in [0.2, 0.25) is 0 Å². The maximum Gasteiger partial charge on any atom is 0.256 e. The standard InChI is InChI=1S/C21H16F2N4O3/c1-26(21(29)11-2-3-18-24-4-5-27(18)8-11)17-10-30-9-16-19(17)12-6-14(22)15(23)7-13(12)20(28)25-16/h2-8,17H,9-10H2,1H3,(H,25,28)/t17-/m1/s1. The average molecular weight is 410 g/mol. The molecule has 0 bridgehead atoms. The summed E-state index contributed by atoms with van der Waals surface area (Å²) in [6.45, 7) is 0.266. The molecule has 0 fully saturated rings. The highest BCUT2D eigenvalue weighted by atomic mass is 19.2. The monoisotopic (exact) mass is 410 g/mol. The van der Waals surface area contributed by atoms with E-state index >= 15 is 0 Å². The Labute approximate surface area is 168 Å². The predicted octanol–water partition coefficient (Wildman–Crippen LogP) is 2.80. The molecule has 4 aromatic rings. The molecule has 1 aromatic carbocycles. The number of hydrogen-bond donors (Lipinski definition) is 1. The zero-order chi connectivity index (χ0) is 21.0. The van der Waals surface area contributed by atoms with Gasteiger partial charge < -0.3 is 19.0 Å². The molecule has 1 atom stereocenters. The van der Waals surface area contributed by atoms with Crippen molar-refractivity contribution in [1.29, 1.82) is 0 Å². The van der Waals surface area contributed by atoms with Crippen molar-refractivity contribution >= 4 is 22.3 Å². The van der Waals surface area contributed by atoms with Crippen LogP contribution in [0.25, 0.3) is 16.4 Å². The summed E-state index contributed by atoms with van der Waals surface area (Å²) in [5, 5.41) is 0.297. The summed E-state index contributed by atoms with van der Waals surface area (Å²) in [5.41, 5.74) is 1.60. The van der Waals surface area contributed by atoms with Gasteiger partial charge in [0.1, 0.15) is 5.65 Å². The number of amides is 1. The summed E-state index contributed by atoms with van der Waals surface area (Å²) < 4.78 is 35.1. The summed E-state index contributed by atoms with van der Waals surface area (Å²) in [7, 11) is 1.61. The molecule has 1 amide bonds. The molecule has 0 saturated heterocycles. The second-order valence-corrected chi connectivity index (χ2v) is 7.22. The fourth-order valence-electron chi connectivity index (χ4n) is 3.94. The summed E-state index contributed by atoms with van der Waals surface area (Å²) in [5.74, 6) is -2.44. The molecule has 30 heavy (non-hydrogen) atoms. The van der Waals surface area contributed by atoms with Gasteiger partial charge in [-0.15, -0.1) is 0 Å². The average Bonchev–Trinajstić information content (AvgIpc) is 3.21. The summed E-state index contributed by atoms with van der Waals surface area (Å²) in [4.78, 5) is 33.9. The number of aromatic amines is 1. The normalized spacial score (nSPS) is 16.0. The Morgan fingerprint density at radius 3 is 2.83 bits per heavy atom. The molecule has 9 heteroatoms. The van der Waals surface area contributed by atoms with Crippen LogP contribution in [0.4, 0.5) is 8.78 Å². The van der Waals surface area contributed by atoms with Gasteiger partial charge in [0, 0.05) is 36.9 Å². The number of imidazole rings is 1. The number of likely N-dealkylation sites (N-methyl/N-ethyl adjacent to an activating group) is 1. The van der Waals surface area contributed by atoms with Crippen molar-refractivity contribution in [3.05, 3.63) is 81.7 Å². The van der Waals surface area contributed by atoms with Gasteiger partial charge in [0.15, 0.2) is 11.6 Å². The van der Waals surface area contributed by atoms with Gasteiger partial charge in [-0.25, -0.2) is 13.8 Å². The summed E-state index contributed by atoms with van der Waals surface area (Å²) >= 11 is 0. The molecule has 7 nitrogen and oxygen atoms in total. The molecule has 1 aliphatic heterocycles. The Morgan fingerprint density at radius 2 is 2.03 bits per heavy atom. The fraction of sp³-hybridized carbons (Fsp3) is 0.190. The maximum absolute atomic E-state index is 14.0. The number of rotatable bonds is 2. The zero-order valence-electron chi connectivity index (χ0n) is 15.9. The maximum atomic E-state index is 14.0. The first-order valence-corrected chi connectivity index (χ1v) is 9.25. The number of nitrogens with one attached hydrogen (secondary N) is 1. The van der Waals surface area contributed by atoms with Gasteiger partial charge in [-0.2, -0.15) is 0 Å². The third-order valence-electron chi connectivity index (χ3n) is 5.46. The molecule has 0 saturated carbocycles. The highest BCUT2D eigenvalue weighted by molar-refractivity contribution is 5.95. The molecule has 4 heterocycles. The minimum Gasteiger partial charge on any atom is -0.373 e. The lowest BCUT2D eigenvalue weighted by Crippen LogP contribution is -2.37. The van der Waals surface area contributed by atoms with E-state index in [-0.39, 0.29) is 29.9 Å². The van der Waals surface area contributed by atoms with E-state index < -0.39 is 23.2 Å². The minimum absolute atomic E-state index is 0.0280. The van der Waals surface area contributed by atoms with Crippen LogP contribution in [0.1, 0.15) is 27.7 Å². The van der Waals surface area contributed by atoms with Crippen LogP contribution in [0.2, 0.25) is 0 Å². The second kappa shape index (κ2) is 6.74. The van der Waals surface area contributed by atoms with Crippen molar-refractivity contribution in [2.75, 3.05) is 13.7 Å². The Balaban J connectivity index is 1.62. The van der Waals surface area contributed by atoms with Crippen LogP contribution in [0.15, 0.2) is 47.7 Å². The molecule has 0 unspecified atom stereocenters. The van der Waals surface area contributed by atoms with Crippen molar-refractivity contribution in [1.82, 2.24) is 19.3 Å². The number of pyridine rings is 2. The van der Waals surface area contributed by atoms with Crippen LogP contribution in [0, 0.1) is 11.6 Å². The Hall–Kier alpha value is -3.59. The van der Waals surface area contributed by atoms with E-state index in [0.29, 0.717) is 22.5 Å². The van der Waals surface area contributed by atoms with Crippen molar-refractivity contribution in [2.24, 2.45) is 0 Å². The Bertz CT molecular complexity index is 1380. The fourth-order valence-corrected chi connectivity index (χ4v) is 3.94. The van der Waals surface area contributed by atoms with Crippen LogP contribution in [0.5, 0.6) is 0 Å². The van der Waals surface area contributed by atoms with Gasteiger partial charge in [-0.3, -0.25) is 9.59 Å². The number of carbonyl (C=O) groups is 1. The molecule has 0 radical (unpaired) electrons. The highest BCUT2D eigenvalue weighted by Crippen LogP contribution is 2.34. The van der Waals surface area contributed by atoms with E-state index in [0.717, 1.165) is 12.1 Å². The van der Waals surface area contributed by atoms with Crippen LogP contribution >= 0.6 is 0 Å². The number of aromatic nitrogens is 3. The second-order valence-electron chi connectivity index (χ2n) is 7.22.